The van der Waals surface area contributed by atoms with Gasteiger partial charge in [0.2, 0.25) is 5.95 Å². The lowest BCUT2D eigenvalue weighted by atomic mass is 9.91. The first-order chi connectivity index (χ1) is 18.9. The number of nitrogens with zero attached hydrogens (tertiary/aromatic N) is 6. The van der Waals surface area contributed by atoms with Crippen molar-refractivity contribution >= 4 is 17.6 Å². The van der Waals surface area contributed by atoms with Crippen LogP contribution >= 0.6 is 0 Å². The van der Waals surface area contributed by atoms with Crippen molar-refractivity contribution in [1.29, 1.82) is 0 Å². The number of ether oxygens (including phenoxy) is 1. The van der Waals surface area contributed by atoms with Crippen LogP contribution in [-0.4, -0.2) is 47.7 Å². The summed E-state index contributed by atoms with van der Waals surface area (Å²) in [6.45, 7) is 0. The third-order valence-electron chi connectivity index (χ3n) is 7.00. The number of aromatic carboxylic acids is 1. The Morgan fingerprint density at radius 3 is 2.74 bits per heavy atom. The third kappa shape index (κ3) is 4.61. The number of anilines is 2. The van der Waals surface area contributed by atoms with Crippen LogP contribution in [0.2, 0.25) is 0 Å². The third-order valence-corrected chi connectivity index (χ3v) is 7.00. The molecule has 0 unspecified atom stereocenters. The molecule has 10 nitrogen and oxygen atoms in total. The summed E-state index contributed by atoms with van der Waals surface area (Å²) in [6, 6.07) is 13.1. The molecule has 5 aromatic rings. The molecule has 3 aromatic heterocycles. The molecule has 10 heteroatoms. The highest BCUT2D eigenvalue weighted by molar-refractivity contribution is 5.89. The van der Waals surface area contributed by atoms with Gasteiger partial charge in [0.15, 0.2) is 0 Å². The van der Waals surface area contributed by atoms with Crippen LogP contribution in [0.25, 0.3) is 22.4 Å². The molecule has 0 atom stereocenters. The van der Waals surface area contributed by atoms with E-state index in [2.05, 4.69) is 39.7 Å². The molecule has 2 N–H and O–H groups in total. The summed E-state index contributed by atoms with van der Waals surface area (Å²) in [5.74, 6) is -0.226. The van der Waals surface area contributed by atoms with Crippen LogP contribution in [0.1, 0.15) is 32.9 Å². The number of aryl methyl sites for hydroxylation is 4. The van der Waals surface area contributed by atoms with Crippen molar-refractivity contribution in [2.75, 3.05) is 12.4 Å². The van der Waals surface area contributed by atoms with E-state index in [0.29, 0.717) is 23.8 Å². The lowest BCUT2D eigenvalue weighted by Gasteiger charge is -2.17. The number of fused-ring (bicyclic) bond motifs is 3. The molecular weight excluding hydrogens is 494 g/mol. The minimum Gasteiger partial charge on any atom is -0.495 e. The van der Waals surface area contributed by atoms with Crippen molar-refractivity contribution in [1.82, 2.24) is 29.5 Å². The molecule has 0 fully saturated rings. The lowest BCUT2D eigenvalue weighted by Crippen LogP contribution is -2.09. The van der Waals surface area contributed by atoms with E-state index in [-0.39, 0.29) is 5.56 Å². The van der Waals surface area contributed by atoms with Crippen LogP contribution in [0.4, 0.5) is 11.6 Å². The highest BCUT2D eigenvalue weighted by Gasteiger charge is 2.26. The molecule has 0 saturated heterocycles. The molecule has 0 saturated carbocycles. The van der Waals surface area contributed by atoms with Crippen molar-refractivity contribution in [2.45, 2.75) is 19.3 Å². The van der Waals surface area contributed by atoms with Crippen molar-refractivity contribution < 1.29 is 14.6 Å². The fourth-order valence-corrected chi connectivity index (χ4v) is 5.06. The zero-order valence-corrected chi connectivity index (χ0v) is 21.8. The normalized spacial score (nSPS) is 12.1. The number of nitrogens with one attached hydrogen (secondary N) is 1. The zero-order valence-electron chi connectivity index (χ0n) is 21.8. The Bertz CT molecular complexity index is 1720. The SMILES string of the molecule is COc1cc(C(=O)O)ccc1Nc1ncc2c(n1)-c1c(nn(C)c1Cc1cccc(-c3cnn(C)c3)c1)CC2. The summed E-state index contributed by atoms with van der Waals surface area (Å²) in [7, 11) is 5.39. The van der Waals surface area contributed by atoms with Gasteiger partial charge in [-0.05, 0) is 47.7 Å². The highest BCUT2D eigenvalue weighted by atomic mass is 16.5. The number of rotatable bonds is 7. The Kier molecular flexibility index (Phi) is 6.07. The molecule has 3 heterocycles. The lowest BCUT2D eigenvalue weighted by molar-refractivity contribution is 0.0696. The van der Waals surface area contributed by atoms with Gasteiger partial charge in [-0.15, -0.1) is 0 Å². The number of hydrogen-bond donors (Lipinski definition) is 2. The fourth-order valence-electron chi connectivity index (χ4n) is 5.06. The Morgan fingerprint density at radius 1 is 1.10 bits per heavy atom. The molecule has 1 aliphatic rings. The quantitative estimate of drug-likeness (QED) is 0.323. The molecule has 0 radical (unpaired) electrons. The summed E-state index contributed by atoms with van der Waals surface area (Å²) in [6.07, 6.45) is 8.07. The van der Waals surface area contributed by atoms with Gasteiger partial charge in [-0.2, -0.15) is 10.2 Å². The van der Waals surface area contributed by atoms with Crippen molar-refractivity contribution in [3.8, 4) is 28.1 Å². The second-order valence-corrected chi connectivity index (χ2v) is 9.58. The van der Waals surface area contributed by atoms with E-state index < -0.39 is 5.97 Å². The first-order valence-electron chi connectivity index (χ1n) is 12.6. The zero-order chi connectivity index (χ0) is 27.1. The van der Waals surface area contributed by atoms with Gasteiger partial charge in [0.1, 0.15) is 5.75 Å². The maximum Gasteiger partial charge on any atom is 0.335 e. The van der Waals surface area contributed by atoms with Crippen LogP contribution in [-0.2, 0) is 33.4 Å². The molecule has 0 aliphatic heterocycles. The van der Waals surface area contributed by atoms with E-state index in [1.807, 2.05) is 37.4 Å². The van der Waals surface area contributed by atoms with Crippen LogP contribution < -0.4 is 10.1 Å². The van der Waals surface area contributed by atoms with Gasteiger partial charge in [0.05, 0.1) is 41.6 Å². The first kappa shape index (κ1) is 24.4. The molecule has 196 valence electrons. The van der Waals surface area contributed by atoms with Crippen molar-refractivity contribution in [2.24, 2.45) is 14.1 Å². The molecule has 39 heavy (non-hydrogen) atoms. The molecule has 2 aromatic carbocycles. The summed E-state index contributed by atoms with van der Waals surface area (Å²) in [4.78, 5) is 20.8. The largest absolute Gasteiger partial charge is 0.495 e. The fraction of sp³-hybridized carbons (Fsp3) is 0.207. The summed E-state index contributed by atoms with van der Waals surface area (Å²) in [5, 5.41) is 21.7. The minimum atomic E-state index is -1.02. The predicted octanol–water partition coefficient (Wildman–Crippen LogP) is 4.42. The maximum atomic E-state index is 11.4. The van der Waals surface area contributed by atoms with Gasteiger partial charge < -0.3 is 15.2 Å². The molecule has 0 amide bonds. The van der Waals surface area contributed by atoms with E-state index in [1.54, 1.807) is 10.7 Å². The Hall–Kier alpha value is -4.99. The second-order valence-electron chi connectivity index (χ2n) is 9.58. The Balaban J connectivity index is 1.35. The van der Waals surface area contributed by atoms with Crippen LogP contribution in [0, 0.1) is 0 Å². The minimum absolute atomic E-state index is 0.140. The first-order valence-corrected chi connectivity index (χ1v) is 12.6. The van der Waals surface area contributed by atoms with E-state index in [9.17, 15) is 9.90 Å². The van der Waals surface area contributed by atoms with E-state index >= 15 is 0 Å². The molecule has 0 bridgehead atoms. The Labute approximate surface area is 224 Å². The molecule has 0 spiro atoms. The van der Waals surface area contributed by atoms with Gasteiger partial charge in [-0.1, -0.05) is 24.3 Å². The number of hydrogen-bond acceptors (Lipinski definition) is 7. The van der Waals surface area contributed by atoms with Crippen LogP contribution in [0.5, 0.6) is 5.75 Å². The average Bonchev–Trinajstić information content (AvgIpc) is 3.51. The molecule has 6 rings (SSSR count). The van der Waals surface area contributed by atoms with E-state index in [4.69, 9.17) is 14.8 Å². The van der Waals surface area contributed by atoms with Crippen molar-refractivity contribution in [3.63, 3.8) is 0 Å². The predicted molar refractivity (Wildman–Crippen MR) is 146 cm³/mol. The average molecular weight is 522 g/mol. The summed E-state index contributed by atoms with van der Waals surface area (Å²) < 4.78 is 9.17. The summed E-state index contributed by atoms with van der Waals surface area (Å²) >= 11 is 0. The maximum absolute atomic E-state index is 11.4. The van der Waals surface area contributed by atoms with Gasteiger partial charge in [0.25, 0.3) is 0 Å². The van der Waals surface area contributed by atoms with Gasteiger partial charge in [-0.25, -0.2) is 14.8 Å². The van der Waals surface area contributed by atoms with Gasteiger partial charge in [0, 0.05) is 44.0 Å². The number of carboxylic acid groups (broad SMARTS) is 1. The summed E-state index contributed by atoms with van der Waals surface area (Å²) in [5.41, 5.74) is 9.17. The second kappa shape index (κ2) is 9.71. The number of benzene rings is 2. The number of aromatic nitrogens is 6. The topological polar surface area (TPSA) is 120 Å². The number of methoxy groups -OCH3 is 1. The monoisotopic (exact) mass is 521 g/mol. The van der Waals surface area contributed by atoms with Crippen LogP contribution in [0.3, 0.4) is 0 Å². The standard InChI is InChI=1S/C29H27N7O3/c1-35-16-21(15-31-35)18-6-4-5-17(11-18)12-24-26-23(34-36(24)2)10-8-20-14-30-29(33-27(20)26)32-22-9-7-19(28(37)38)13-25(22)39-3/h4-7,9,11,13-16H,8,10,12H2,1-3H3,(H,37,38)(H,30,32,33). The number of carboxylic acids is 1. The molecule has 1 aliphatic carbocycles. The van der Waals surface area contributed by atoms with Gasteiger partial charge in [-0.3, -0.25) is 9.36 Å². The smallest absolute Gasteiger partial charge is 0.335 e. The number of carbonyl (C=O) groups is 1. The van der Waals surface area contributed by atoms with Crippen molar-refractivity contribution in [3.05, 3.63) is 89.1 Å². The van der Waals surface area contributed by atoms with E-state index in [0.717, 1.165) is 52.2 Å². The van der Waals surface area contributed by atoms with Gasteiger partial charge >= 0.3 is 5.97 Å². The highest BCUT2D eigenvalue weighted by Crippen LogP contribution is 2.37. The molecular formula is C29H27N7O3. The Morgan fingerprint density at radius 2 is 1.97 bits per heavy atom. The van der Waals surface area contributed by atoms with Crippen LogP contribution in [0.15, 0.2) is 61.1 Å². The van der Waals surface area contributed by atoms with E-state index in [1.165, 1.54) is 24.8 Å².